The van der Waals surface area contributed by atoms with Crippen LogP contribution in [0.25, 0.3) is 11.3 Å². The molecule has 0 unspecified atom stereocenters. The molecule has 0 saturated heterocycles. The first-order chi connectivity index (χ1) is 23.8. The summed E-state index contributed by atoms with van der Waals surface area (Å²) in [6.07, 6.45) is 7.36. The number of benzene rings is 2. The summed E-state index contributed by atoms with van der Waals surface area (Å²) in [5, 5.41) is 0. The lowest BCUT2D eigenvalue weighted by atomic mass is 9.88. The molecule has 6 rings (SSSR count). The van der Waals surface area contributed by atoms with Crippen LogP contribution >= 0.6 is 0 Å². The summed E-state index contributed by atoms with van der Waals surface area (Å²) in [5.74, 6) is 1.23. The minimum Gasteiger partial charge on any atom is -0.475 e. The summed E-state index contributed by atoms with van der Waals surface area (Å²) in [4.78, 5) is 37.1. The van der Waals surface area contributed by atoms with E-state index in [-0.39, 0.29) is 46.8 Å². The average molecular weight is 698 g/mol. The molecule has 1 aliphatic heterocycles. The summed E-state index contributed by atoms with van der Waals surface area (Å²) in [7, 11) is -4.17. The van der Waals surface area contributed by atoms with Crippen LogP contribution in [0.15, 0.2) is 65.8 Å². The molecule has 2 aromatic carbocycles. The Kier molecular flexibility index (Phi) is 10.1. The number of carbonyl (C=O) groups is 1. The molecule has 50 heavy (non-hydrogen) atoms. The van der Waals surface area contributed by atoms with Gasteiger partial charge in [0.2, 0.25) is 11.8 Å². The van der Waals surface area contributed by atoms with E-state index >= 15 is 0 Å². The van der Waals surface area contributed by atoms with Gasteiger partial charge in [-0.05, 0) is 87.1 Å². The van der Waals surface area contributed by atoms with Crippen molar-refractivity contribution in [2.24, 2.45) is 11.3 Å². The molecule has 264 valence electrons. The van der Waals surface area contributed by atoms with Crippen molar-refractivity contribution in [1.82, 2.24) is 24.8 Å². The summed E-state index contributed by atoms with van der Waals surface area (Å²) < 4.78 is 36.5. The number of nitrogens with zero attached hydrogens (tertiary/aromatic N) is 6. The van der Waals surface area contributed by atoms with Crippen LogP contribution in [-0.2, 0) is 16.6 Å². The van der Waals surface area contributed by atoms with E-state index < -0.39 is 16.1 Å². The lowest BCUT2D eigenvalue weighted by Gasteiger charge is -2.33. The second-order valence-corrected chi connectivity index (χ2v) is 16.3. The third-order valence-electron chi connectivity index (χ3n) is 9.29. The number of amides is 1. The van der Waals surface area contributed by atoms with Crippen LogP contribution in [-0.4, -0.2) is 64.9 Å². The van der Waals surface area contributed by atoms with Gasteiger partial charge in [0.05, 0.1) is 41.3 Å². The molecule has 1 N–H and O–H groups in total. The fourth-order valence-corrected chi connectivity index (χ4v) is 7.29. The van der Waals surface area contributed by atoms with Crippen LogP contribution < -0.4 is 14.4 Å². The normalized spacial score (nSPS) is 17.5. The maximum absolute atomic E-state index is 14.6. The van der Waals surface area contributed by atoms with Crippen LogP contribution in [0.5, 0.6) is 5.88 Å². The Morgan fingerprint density at radius 1 is 1.00 bits per heavy atom. The van der Waals surface area contributed by atoms with Crippen LogP contribution in [0, 0.1) is 25.2 Å². The number of anilines is 2. The molecule has 2 aromatic heterocycles. The highest BCUT2D eigenvalue weighted by Gasteiger charge is 2.31. The Hall–Kier alpha value is -4.58. The van der Waals surface area contributed by atoms with Gasteiger partial charge in [0, 0.05) is 30.3 Å². The second kappa shape index (κ2) is 14.3. The van der Waals surface area contributed by atoms with Gasteiger partial charge >= 0.3 is 0 Å². The van der Waals surface area contributed by atoms with Gasteiger partial charge in [-0.15, -0.1) is 0 Å². The zero-order valence-corrected chi connectivity index (χ0v) is 30.6. The Balaban J connectivity index is 1.45. The molecular weight excluding hydrogens is 651 g/mol. The third kappa shape index (κ3) is 8.40. The number of aryl methyl sites for hydroxylation is 2. The lowest BCUT2D eigenvalue weighted by Crippen LogP contribution is -2.44. The topological polar surface area (TPSA) is 131 Å². The number of rotatable bonds is 9. The molecule has 1 fully saturated rings. The van der Waals surface area contributed by atoms with Crippen molar-refractivity contribution in [3.8, 4) is 17.1 Å². The highest BCUT2D eigenvalue weighted by Crippen LogP contribution is 2.33. The van der Waals surface area contributed by atoms with Gasteiger partial charge in [-0.1, -0.05) is 45.0 Å². The van der Waals surface area contributed by atoms with Crippen molar-refractivity contribution in [2.45, 2.75) is 84.7 Å². The Morgan fingerprint density at radius 2 is 1.74 bits per heavy atom. The molecular formula is C38H47N7O4S. The molecule has 3 heterocycles. The Morgan fingerprint density at radius 3 is 2.44 bits per heavy atom. The molecule has 4 aromatic rings. The monoisotopic (exact) mass is 697 g/mol. The molecule has 4 bridgehead atoms. The first-order valence-corrected chi connectivity index (χ1v) is 18.9. The SMILES string of the molecule is CCN(CC1CC1)c1cncc(CN2C(=O)c3cccc(c3)S(=O)(=O)Nc3nc(cc(-c4c(C)cccc4C)n3)OC[C@H]2CCC(C)(C)C)n1. The molecule has 1 amide bonds. The predicted molar refractivity (Wildman–Crippen MR) is 195 cm³/mol. The fourth-order valence-electron chi connectivity index (χ4n) is 6.30. The quantitative estimate of drug-likeness (QED) is 0.200. The molecule has 12 heteroatoms. The number of fused-ring (bicyclic) bond motifs is 4. The molecule has 2 aliphatic rings. The minimum absolute atomic E-state index is 0.0183. The van der Waals surface area contributed by atoms with Gasteiger partial charge in [0.15, 0.2) is 0 Å². The lowest BCUT2D eigenvalue weighted by molar-refractivity contribution is 0.0549. The fraction of sp³-hybridized carbons (Fsp3) is 0.447. The number of hydrogen-bond donors (Lipinski definition) is 1. The molecule has 11 nitrogen and oxygen atoms in total. The molecule has 1 aliphatic carbocycles. The van der Waals surface area contributed by atoms with E-state index in [1.807, 2.05) is 32.0 Å². The summed E-state index contributed by atoms with van der Waals surface area (Å²) in [6, 6.07) is 13.4. The number of carbonyl (C=O) groups excluding carboxylic acids is 1. The van der Waals surface area contributed by atoms with Crippen LogP contribution in [0.1, 0.15) is 80.6 Å². The van der Waals surface area contributed by atoms with E-state index in [1.165, 1.54) is 25.0 Å². The molecule has 1 atom stereocenters. The van der Waals surface area contributed by atoms with E-state index in [2.05, 4.69) is 52.3 Å². The third-order valence-corrected chi connectivity index (χ3v) is 10.6. The number of nitrogens with one attached hydrogen (secondary N) is 1. The Bertz CT molecular complexity index is 1950. The van der Waals surface area contributed by atoms with E-state index in [0.29, 0.717) is 23.7 Å². The molecule has 0 spiro atoms. The van der Waals surface area contributed by atoms with Gasteiger partial charge in [-0.3, -0.25) is 9.78 Å². The summed E-state index contributed by atoms with van der Waals surface area (Å²) >= 11 is 0. The van der Waals surface area contributed by atoms with Crippen molar-refractivity contribution in [3.63, 3.8) is 0 Å². The zero-order valence-electron chi connectivity index (χ0n) is 29.8. The first-order valence-electron chi connectivity index (χ1n) is 17.4. The van der Waals surface area contributed by atoms with E-state index in [9.17, 15) is 13.2 Å². The van der Waals surface area contributed by atoms with Crippen molar-refractivity contribution >= 4 is 27.7 Å². The molecule has 1 saturated carbocycles. The van der Waals surface area contributed by atoms with Gasteiger partial charge in [-0.2, -0.15) is 4.98 Å². The maximum Gasteiger partial charge on any atom is 0.264 e. The van der Waals surface area contributed by atoms with Gasteiger partial charge in [0.1, 0.15) is 12.4 Å². The van der Waals surface area contributed by atoms with E-state index in [4.69, 9.17) is 9.72 Å². The second-order valence-electron chi connectivity index (χ2n) is 14.7. The average Bonchev–Trinajstić information content (AvgIpc) is 3.89. The highest BCUT2D eigenvalue weighted by molar-refractivity contribution is 7.92. The van der Waals surface area contributed by atoms with Crippen molar-refractivity contribution in [1.29, 1.82) is 0 Å². The number of sulfonamides is 1. The first kappa shape index (κ1) is 35.3. The largest absolute Gasteiger partial charge is 0.475 e. The maximum atomic E-state index is 14.6. The Labute approximate surface area is 295 Å². The molecule has 0 radical (unpaired) electrons. The van der Waals surface area contributed by atoms with E-state index in [1.54, 1.807) is 35.5 Å². The predicted octanol–water partition coefficient (Wildman–Crippen LogP) is 6.82. The highest BCUT2D eigenvalue weighted by atomic mass is 32.2. The van der Waals surface area contributed by atoms with Crippen LogP contribution in [0.2, 0.25) is 0 Å². The smallest absolute Gasteiger partial charge is 0.264 e. The van der Waals surface area contributed by atoms with Crippen LogP contribution in [0.3, 0.4) is 0 Å². The van der Waals surface area contributed by atoms with Crippen molar-refractivity contribution < 1.29 is 17.9 Å². The van der Waals surface area contributed by atoms with Gasteiger partial charge in [-0.25, -0.2) is 23.1 Å². The number of aromatic nitrogens is 4. The number of hydrogen-bond acceptors (Lipinski definition) is 9. The zero-order chi connectivity index (χ0) is 35.6. The van der Waals surface area contributed by atoms with Crippen molar-refractivity contribution in [2.75, 3.05) is 29.3 Å². The van der Waals surface area contributed by atoms with Crippen molar-refractivity contribution in [3.05, 3.63) is 83.3 Å². The standard InChI is InChI=1S/C38H47N7O4S/c1-7-44(22-27-14-15-27)33-21-39-20-29(40-33)23-45-30(16-17-38(4,5)6)24-49-34-19-32(35-25(2)10-8-11-26(35)3)41-37(42-34)43-50(47,48)31-13-9-12-28(18-31)36(45)46/h8-13,18-21,27,30H,7,14-17,22-24H2,1-6H3,(H,41,42,43)/t30-/m1/s1. The van der Waals surface area contributed by atoms with Gasteiger partial charge in [0.25, 0.3) is 15.9 Å². The van der Waals surface area contributed by atoms with Crippen LogP contribution in [0.4, 0.5) is 11.8 Å². The van der Waals surface area contributed by atoms with E-state index in [0.717, 1.165) is 42.0 Å². The number of ether oxygens (including phenoxy) is 1. The minimum atomic E-state index is -4.17. The van der Waals surface area contributed by atoms with Gasteiger partial charge < -0.3 is 14.5 Å². The summed E-state index contributed by atoms with van der Waals surface area (Å²) in [6.45, 7) is 14.6. The summed E-state index contributed by atoms with van der Waals surface area (Å²) in [5.41, 5.74) is 4.23.